The molecule has 0 N–H and O–H groups in total. The summed E-state index contributed by atoms with van der Waals surface area (Å²) in [4.78, 5) is 10.1. The van der Waals surface area contributed by atoms with Gasteiger partial charge in [-0.2, -0.15) is 4.31 Å². The zero-order valence-electron chi connectivity index (χ0n) is 13.0. The third-order valence-corrected chi connectivity index (χ3v) is 7.53. The molecule has 23 heavy (non-hydrogen) atoms. The van der Waals surface area contributed by atoms with Crippen LogP contribution in [0.1, 0.15) is 43.7 Å². The third-order valence-electron chi connectivity index (χ3n) is 5.13. The van der Waals surface area contributed by atoms with Crippen molar-refractivity contribution in [3.8, 4) is 0 Å². The third kappa shape index (κ3) is 2.71. The van der Waals surface area contributed by atoms with Crippen molar-refractivity contribution in [2.24, 2.45) is 0 Å². The van der Waals surface area contributed by atoms with E-state index in [2.05, 4.69) is 9.97 Å². The van der Waals surface area contributed by atoms with Crippen molar-refractivity contribution in [1.82, 2.24) is 14.3 Å². The van der Waals surface area contributed by atoms with Gasteiger partial charge in [0, 0.05) is 32.1 Å². The molecule has 1 aromatic rings. The Morgan fingerprint density at radius 3 is 2.30 bits per heavy atom. The molecule has 3 aliphatic rings. The van der Waals surface area contributed by atoms with Crippen LogP contribution in [0.3, 0.4) is 0 Å². The molecule has 0 unspecified atom stereocenters. The van der Waals surface area contributed by atoms with Gasteiger partial charge in [-0.05, 0) is 25.7 Å². The molecular formula is C15H21FN4O2S. The molecule has 0 atom stereocenters. The van der Waals surface area contributed by atoms with Crippen molar-refractivity contribution in [2.75, 3.05) is 31.1 Å². The normalized spacial score (nSPS) is 23.8. The second-order valence-electron chi connectivity index (χ2n) is 6.65. The molecule has 0 bridgehead atoms. The summed E-state index contributed by atoms with van der Waals surface area (Å²) in [6.07, 6.45) is 6.07. The van der Waals surface area contributed by atoms with Gasteiger partial charge in [0.1, 0.15) is 6.33 Å². The van der Waals surface area contributed by atoms with Crippen LogP contribution in [-0.2, 0) is 10.0 Å². The van der Waals surface area contributed by atoms with Crippen LogP contribution in [0.15, 0.2) is 6.33 Å². The van der Waals surface area contributed by atoms with E-state index in [-0.39, 0.29) is 17.0 Å². The van der Waals surface area contributed by atoms with E-state index in [1.54, 1.807) is 4.31 Å². The maximum absolute atomic E-state index is 14.7. The van der Waals surface area contributed by atoms with Crippen molar-refractivity contribution >= 4 is 15.8 Å². The van der Waals surface area contributed by atoms with E-state index in [4.69, 9.17) is 0 Å². The summed E-state index contributed by atoms with van der Waals surface area (Å²) in [6, 6.07) is 0. The molecule has 0 amide bonds. The molecule has 126 valence electrons. The fourth-order valence-electron chi connectivity index (χ4n) is 3.29. The van der Waals surface area contributed by atoms with Crippen molar-refractivity contribution < 1.29 is 12.8 Å². The van der Waals surface area contributed by atoms with Gasteiger partial charge in [0.05, 0.1) is 10.9 Å². The Morgan fingerprint density at radius 1 is 1.04 bits per heavy atom. The lowest BCUT2D eigenvalue weighted by Gasteiger charge is -2.35. The lowest BCUT2D eigenvalue weighted by molar-refractivity contribution is 0.375. The molecule has 3 fully saturated rings. The Balaban J connectivity index is 1.48. The fourth-order valence-corrected chi connectivity index (χ4v) is 5.12. The van der Waals surface area contributed by atoms with Gasteiger partial charge in [-0.15, -0.1) is 0 Å². The average molecular weight is 340 g/mol. The molecular weight excluding hydrogens is 319 g/mol. The SMILES string of the molecule is O=S(=O)(C1CC1)N1CCN(c2ncnc(C3CCC3)c2F)CC1. The predicted octanol–water partition coefficient (Wildman–Crippen LogP) is 1.50. The summed E-state index contributed by atoms with van der Waals surface area (Å²) in [5.41, 5.74) is 0.522. The molecule has 2 aliphatic carbocycles. The van der Waals surface area contributed by atoms with Crippen LogP contribution in [0.25, 0.3) is 0 Å². The highest BCUT2D eigenvalue weighted by Crippen LogP contribution is 2.38. The maximum atomic E-state index is 14.7. The van der Waals surface area contributed by atoms with Gasteiger partial charge >= 0.3 is 0 Å². The van der Waals surface area contributed by atoms with Crippen LogP contribution in [0.5, 0.6) is 0 Å². The van der Waals surface area contributed by atoms with E-state index in [1.165, 1.54) is 6.33 Å². The number of nitrogens with zero attached hydrogens (tertiary/aromatic N) is 4. The zero-order chi connectivity index (χ0) is 16.0. The molecule has 2 heterocycles. The Morgan fingerprint density at radius 2 is 1.74 bits per heavy atom. The number of hydrogen-bond acceptors (Lipinski definition) is 5. The summed E-state index contributed by atoms with van der Waals surface area (Å²) >= 11 is 0. The predicted molar refractivity (Wildman–Crippen MR) is 84.3 cm³/mol. The zero-order valence-corrected chi connectivity index (χ0v) is 13.8. The van der Waals surface area contributed by atoms with Crippen LogP contribution in [0, 0.1) is 5.82 Å². The number of sulfonamides is 1. The minimum absolute atomic E-state index is 0.185. The molecule has 4 rings (SSSR count). The Kier molecular flexibility index (Phi) is 3.76. The number of piperazine rings is 1. The van der Waals surface area contributed by atoms with Gasteiger partial charge in [0.15, 0.2) is 11.6 Å². The Hall–Kier alpha value is -1.28. The summed E-state index contributed by atoms with van der Waals surface area (Å²) < 4.78 is 40.8. The smallest absolute Gasteiger partial charge is 0.217 e. The molecule has 0 aromatic carbocycles. The number of halogens is 1. The maximum Gasteiger partial charge on any atom is 0.217 e. The van der Waals surface area contributed by atoms with Crippen molar-refractivity contribution in [1.29, 1.82) is 0 Å². The second-order valence-corrected chi connectivity index (χ2v) is 8.87. The molecule has 0 radical (unpaired) electrons. The van der Waals surface area contributed by atoms with Crippen LogP contribution < -0.4 is 4.90 Å². The summed E-state index contributed by atoms with van der Waals surface area (Å²) in [5, 5.41) is -0.185. The van der Waals surface area contributed by atoms with Gasteiger partial charge in [-0.3, -0.25) is 0 Å². The highest BCUT2D eigenvalue weighted by molar-refractivity contribution is 7.90. The number of aromatic nitrogens is 2. The van der Waals surface area contributed by atoms with Gasteiger partial charge in [-0.25, -0.2) is 22.8 Å². The molecule has 2 saturated carbocycles. The first-order valence-electron chi connectivity index (χ1n) is 8.31. The van der Waals surface area contributed by atoms with E-state index >= 15 is 0 Å². The molecule has 0 spiro atoms. The van der Waals surface area contributed by atoms with E-state index in [1.807, 2.05) is 4.90 Å². The monoisotopic (exact) mass is 340 g/mol. The number of hydrogen-bond donors (Lipinski definition) is 0. The minimum atomic E-state index is -3.14. The lowest BCUT2D eigenvalue weighted by atomic mass is 9.82. The summed E-state index contributed by atoms with van der Waals surface area (Å²) in [5.74, 6) is 0.217. The Bertz CT molecular complexity index is 695. The van der Waals surface area contributed by atoms with Gasteiger partial charge in [-0.1, -0.05) is 6.42 Å². The Labute approximate surface area is 135 Å². The quantitative estimate of drug-likeness (QED) is 0.831. The number of rotatable bonds is 4. The van der Waals surface area contributed by atoms with Crippen molar-refractivity contribution in [2.45, 2.75) is 43.3 Å². The molecule has 1 aromatic heterocycles. The molecule has 1 saturated heterocycles. The lowest BCUT2D eigenvalue weighted by Crippen LogP contribution is -2.50. The standard InChI is InChI=1S/C15H21FN4O2S/c16-13-14(11-2-1-3-11)17-10-18-15(13)19-6-8-20(9-7-19)23(21,22)12-4-5-12/h10-12H,1-9H2. The highest BCUT2D eigenvalue weighted by atomic mass is 32.2. The largest absolute Gasteiger partial charge is 0.351 e. The summed E-state index contributed by atoms with van der Waals surface area (Å²) in [6.45, 7) is 1.76. The van der Waals surface area contributed by atoms with Crippen LogP contribution in [-0.4, -0.2) is 54.1 Å². The average Bonchev–Trinajstić information content (AvgIpc) is 3.33. The van der Waals surface area contributed by atoms with Crippen LogP contribution in [0.2, 0.25) is 0 Å². The van der Waals surface area contributed by atoms with Crippen molar-refractivity contribution in [3.05, 3.63) is 17.8 Å². The first kappa shape index (κ1) is 15.3. The van der Waals surface area contributed by atoms with Gasteiger partial charge < -0.3 is 4.90 Å². The van der Waals surface area contributed by atoms with E-state index in [0.717, 1.165) is 32.1 Å². The van der Waals surface area contributed by atoms with Crippen molar-refractivity contribution in [3.63, 3.8) is 0 Å². The first-order chi connectivity index (χ1) is 11.1. The van der Waals surface area contributed by atoms with Gasteiger partial charge in [0.25, 0.3) is 0 Å². The first-order valence-corrected chi connectivity index (χ1v) is 9.82. The van der Waals surface area contributed by atoms with E-state index in [0.29, 0.717) is 37.7 Å². The van der Waals surface area contributed by atoms with E-state index in [9.17, 15) is 12.8 Å². The molecule has 8 heteroatoms. The molecule has 1 aliphatic heterocycles. The second kappa shape index (κ2) is 5.66. The van der Waals surface area contributed by atoms with Crippen LogP contribution >= 0.6 is 0 Å². The molecule has 6 nitrogen and oxygen atoms in total. The minimum Gasteiger partial charge on any atom is -0.351 e. The van der Waals surface area contributed by atoms with Crippen LogP contribution in [0.4, 0.5) is 10.2 Å². The number of anilines is 1. The topological polar surface area (TPSA) is 66.4 Å². The highest BCUT2D eigenvalue weighted by Gasteiger charge is 2.41. The van der Waals surface area contributed by atoms with E-state index < -0.39 is 10.0 Å². The fraction of sp³-hybridized carbons (Fsp3) is 0.733. The van der Waals surface area contributed by atoms with Gasteiger partial charge in [0.2, 0.25) is 10.0 Å². The summed E-state index contributed by atoms with van der Waals surface area (Å²) in [7, 11) is -3.14.